The fourth-order valence-corrected chi connectivity index (χ4v) is 3.66. The van der Waals surface area contributed by atoms with Gasteiger partial charge in [-0.15, -0.1) is 0 Å². The predicted octanol–water partition coefficient (Wildman–Crippen LogP) is 4.28. The monoisotopic (exact) mass is 446 g/mol. The zero-order valence-corrected chi connectivity index (χ0v) is 18.3. The topological polar surface area (TPSA) is 67.9 Å². The molecule has 0 aromatic heterocycles. The van der Waals surface area contributed by atoms with Gasteiger partial charge in [-0.05, 0) is 53.9 Å². The van der Waals surface area contributed by atoms with E-state index in [0.29, 0.717) is 23.4 Å². The van der Waals surface area contributed by atoms with Crippen LogP contribution in [0.15, 0.2) is 78.5 Å². The van der Waals surface area contributed by atoms with Crippen LogP contribution in [0.3, 0.4) is 0 Å². The lowest BCUT2D eigenvalue weighted by Gasteiger charge is -2.15. The first-order chi connectivity index (χ1) is 16.0. The van der Waals surface area contributed by atoms with Crippen LogP contribution in [0.2, 0.25) is 0 Å². The molecule has 2 amide bonds. The van der Waals surface area contributed by atoms with Crippen molar-refractivity contribution >= 4 is 23.1 Å². The van der Waals surface area contributed by atoms with Gasteiger partial charge in [0.2, 0.25) is 0 Å². The summed E-state index contributed by atoms with van der Waals surface area (Å²) >= 11 is 0. The minimum absolute atomic E-state index is 0.148. The van der Waals surface area contributed by atoms with Gasteiger partial charge in [0.25, 0.3) is 11.8 Å². The van der Waals surface area contributed by atoms with E-state index in [9.17, 15) is 14.0 Å². The highest BCUT2D eigenvalue weighted by atomic mass is 19.1. The lowest BCUT2D eigenvalue weighted by atomic mass is 10.0. The van der Waals surface area contributed by atoms with E-state index in [0.717, 1.165) is 11.3 Å². The van der Waals surface area contributed by atoms with Gasteiger partial charge < -0.3 is 14.8 Å². The lowest BCUT2D eigenvalue weighted by molar-refractivity contribution is -0.136. The molecule has 1 aliphatic heterocycles. The Balaban J connectivity index is 1.63. The molecule has 6 nitrogen and oxygen atoms in total. The molecule has 1 heterocycles. The number of nitrogens with one attached hydrogen (secondary N) is 1. The van der Waals surface area contributed by atoms with Gasteiger partial charge >= 0.3 is 0 Å². The van der Waals surface area contributed by atoms with Gasteiger partial charge in [0, 0.05) is 18.3 Å². The van der Waals surface area contributed by atoms with E-state index in [-0.39, 0.29) is 17.8 Å². The highest BCUT2D eigenvalue weighted by molar-refractivity contribution is 6.36. The second kappa shape index (κ2) is 9.56. The molecule has 168 valence electrons. The quantitative estimate of drug-likeness (QED) is 0.523. The van der Waals surface area contributed by atoms with Crippen molar-refractivity contribution in [1.82, 2.24) is 4.90 Å². The van der Waals surface area contributed by atoms with Crippen LogP contribution in [-0.4, -0.2) is 37.5 Å². The summed E-state index contributed by atoms with van der Waals surface area (Å²) in [6, 6.07) is 20.1. The third kappa shape index (κ3) is 4.72. The van der Waals surface area contributed by atoms with Crippen molar-refractivity contribution in [2.45, 2.75) is 6.42 Å². The van der Waals surface area contributed by atoms with Crippen molar-refractivity contribution in [3.8, 4) is 11.5 Å². The van der Waals surface area contributed by atoms with E-state index < -0.39 is 17.6 Å². The predicted molar refractivity (Wildman–Crippen MR) is 123 cm³/mol. The summed E-state index contributed by atoms with van der Waals surface area (Å²) in [5, 5.41) is 3.08. The van der Waals surface area contributed by atoms with Gasteiger partial charge in [0.05, 0.1) is 19.8 Å². The van der Waals surface area contributed by atoms with Crippen LogP contribution in [0.25, 0.3) is 5.57 Å². The first-order valence-corrected chi connectivity index (χ1v) is 10.4. The van der Waals surface area contributed by atoms with Crippen molar-refractivity contribution in [2.75, 3.05) is 26.1 Å². The van der Waals surface area contributed by atoms with Crippen molar-refractivity contribution in [3.05, 3.63) is 95.4 Å². The number of imide groups is 1. The number of hydrogen-bond donors (Lipinski definition) is 1. The summed E-state index contributed by atoms with van der Waals surface area (Å²) in [6.07, 6.45) is 0.491. The molecule has 7 heteroatoms. The number of ether oxygens (including phenoxy) is 2. The lowest BCUT2D eigenvalue weighted by Crippen LogP contribution is -2.34. The minimum atomic E-state index is -0.435. The Bertz CT molecular complexity index is 1200. The maximum atomic E-state index is 13.5. The molecule has 4 rings (SSSR count). The van der Waals surface area contributed by atoms with Crippen LogP contribution in [0, 0.1) is 5.82 Å². The Labute approximate surface area is 191 Å². The normalized spacial score (nSPS) is 13.5. The molecule has 0 fully saturated rings. The molecule has 0 saturated carbocycles. The molecule has 0 unspecified atom stereocenters. The Morgan fingerprint density at radius 3 is 2.21 bits per heavy atom. The molecule has 0 bridgehead atoms. The van der Waals surface area contributed by atoms with Crippen molar-refractivity contribution in [1.29, 1.82) is 0 Å². The second-order valence-electron chi connectivity index (χ2n) is 7.47. The summed E-state index contributed by atoms with van der Waals surface area (Å²) in [4.78, 5) is 27.8. The Morgan fingerprint density at radius 2 is 1.55 bits per heavy atom. The molecular formula is C26H23FN2O4. The first kappa shape index (κ1) is 22.1. The van der Waals surface area contributed by atoms with Gasteiger partial charge in [-0.25, -0.2) is 4.39 Å². The number of rotatable bonds is 8. The van der Waals surface area contributed by atoms with E-state index in [1.54, 1.807) is 38.5 Å². The van der Waals surface area contributed by atoms with E-state index in [1.165, 1.54) is 29.2 Å². The average molecular weight is 446 g/mol. The number of carbonyl (C=O) groups is 2. The third-order valence-corrected chi connectivity index (χ3v) is 5.42. The maximum absolute atomic E-state index is 13.5. The SMILES string of the molecule is COc1ccc(CCN2C(=O)C(Nc3cccc(OC)c3)=C(c3ccc(F)cc3)C2=O)cc1. The molecule has 0 spiro atoms. The van der Waals surface area contributed by atoms with Crippen molar-refractivity contribution in [2.24, 2.45) is 0 Å². The maximum Gasteiger partial charge on any atom is 0.278 e. The first-order valence-electron chi connectivity index (χ1n) is 10.4. The summed E-state index contributed by atoms with van der Waals surface area (Å²) in [5.41, 5.74) is 2.38. The average Bonchev–Trinajstić information content (AvgIpc) is 3.07. The molecular weight excluding hydrogens is 423 g/mol. The molecule has 33 heavy (non-hydrogen) atoms. The highest BCUT2D eigenvalue weighted by Gasteiger charge is 2.39. The fourth-order valence-electron chi connectivity index (χ4n) is 3.66. The Kier molecular flexibility index (Phi) is 6.40. The number of halogens is 1. The van der Waals surface area contributed by atoms with Gasteiger partial charge in [-0.1, -0.05) is 30.3 Å². The zero-order valence-electron chi connectivity index (χ0n) is 18.3. The van der Waals surface area contributed by atoms with Gasteiger partial charge in [0.15, 0.2) is 0 Å². The molecule has 0 aliphatic carbocycles. The molecule has 3 aromatic rings. The standard InChI is InChI=1S/C26H23FN2O4/c1-32-21-12-6-17(7-13-21)14-15-29-25(30)23(18-8-10-19(27)11-9-18)24(26(29)31)28-20-4-3-5-22(16-20)33-2/h3-13,16,28H,14-15H2,1-2H3. The zero-order chi connectivity index (χ0) is 23.4. The number of carbonyl (C=O) groups excluding carboxylic acids is 2. The molecule has 0 atom stereocenters. The molecule has 1 aliphatic rings. The number of nitrogens with zero attached hydrogens (tertiary/aromatic N) is 1. The van der Waals surface area contributed by atoms with Gasteiger partial charge in [0.1, 0.15) is 23.0 Å². The van der Waals surface area contributed by atoms with E-state index in [2.05, 4.69) is 5.32 Å². The largest absolute Gasteiger partial charge is 0.497 e. The van der Waals surface area contributed by atoms with Gasteiger partial charge in [-0.3, -0.25) is 14.5 Å². The Hall–Kier alpha value is -4.13. The second-order valence-corrected chi connectivity index (χ2v) is 7.47. The van der Waals surface area contributed by atoms with Crippen LogP contribution in [-0.2, 0) is 16.0 Å². The van der Waals surface area contributed by atoms with Crippen molar-refractivity contribution < 1.29 is 23.5 Å². The molecule has 0 radical (unpaired) electrons. The van der Waals surface area contributed by atoms with Gasteiger partial charge in [-0.2, -0.15) is 0 Å². The Morgan fingerprint density at radius 1 is 0.848 bits per heavy atom. The van der Waals surface area contributed by atoms with Crippen molar-refractivity contribution in [3.63, 3.8) is 0 Å². The van der Waals surface area contributed by atoms with E-state index in [1.807, 2.05) is 24.3 Å². The fraction of sp³-hybridized carbons (Fsp3) is 0.154. The van der Waals surface area contributed by atoms with Crippen LogP contribution < -0.4 is 14.8 Å². The highest BCUT2D eigenvalue weighted by Crippen LogP contribution is 2.31. The number of hydrogen-bond acceptors (Lipinski definition) is 5. The van der Waals surface area contributed by atoms with Crippen LogP contribution in [0.4, 0.5) is 10.1 Å². The number of methoxy groups -OCH3 is 2. The molecule has 0 saturated heterocycles. The van der Waals surface area contributed by atoms with E-state index >= 15 is 0 Å². The van der Waals surface area contributed by atoms with Crippen LogP contribution in [0.1, 0.15) is 11.1 Å². The van der Waals surface area contributed by atoms with Crippen LogP contribution in [0.5, 0.6) is 11.5 Å². The molecule has 1 N–H and O–H groups in total. The van der Waals surface area contributed by atoms with E-state index in [4.69, 9.17) is 9.47 Å². The summed E-state index contributed by atoms with van der Waals surface area (Å²) < 4.78 is 23.9. The third-order valence-electron chi connectivity index (χ3n) is 5.42. The summed E-state index contributed by atoms with van der Waals surface area (Å²) in [7, 11) is 3.14. The summed E-state index contributed by atoms with van der Waals surface area (Å²) in [5.74, 6) is 0.0603. The number of anilines is 1. The minimum Gasteiger partial charge on any atom is -0.497 e. The number of benzene rings is 3. The van der Waals surface area contributed by atoms with Crippen LogP contribution >= 0.6 is 0 Å². The summed E-state index contributed by atoms with van der Waals surface area (Å²) in [6.45, 7) is 0.206. The smallest absolute Gasteiger partial charge is 0.278 e. The molecule has 3 aromatic carbocycles. The number of amides is 2.